The summed E-state index contributed by atoms with van der Waals surface area (Å²) in [5, 5.41) is 0. The third kappa shape index (κ3) is 5.60. The van der Waals surface area contributed by atoms with Crippen LogP contribution in [0.1, 0.15) is 33.1 Å². The van der Waals surface area contributed by atoms with Gasteiger partial charge in [0.05, 0.1) is 6.61 Å². The van der Waals surface area contributed by atoms with Crippen LogP contribution in [0.15, 0.2) is 0 Å². The molecule has 0 saturated carbocycles. The molecule has 0 fully saturated rings. The van der Waals surface area contributed by atoms with Crippen molar-refractivity contribution in [2.75, 3.05) is 6.61 Å². The maximum absolute atomic E-state index is 9.72. The SMILES string of the molecule is CCCC(C)CCOC=O. The molecule has 1 atom stereocenters. The summed E-state index contributed by atoms with van der Waals surface area (Å²) in [5.74, 6) is 0.685. The smallest absolute Gasteiger partial charge is 0.293 e. The third-order valence-corrected chi connectivity index (χ3v) is 1.58. The molecule has 0 aliphatic rings. The predicted octanol–water partition coefficient (Wildman–Crippen LogP) is 1.99. The van der Waals surface area contributed by atoms with Crippen LogP contribution >= 0.6 is 0 Å². The number of ether oxygens (including phenoxy) is 1. The second-order valence-corrected chi connectivity index (χ2v) is 2.65. The zero-order valence-corrected chi connectivity index (χ0v) is 6.80. The van der Waals surface area contributed by atoms with Crippen LogP contribution in [0.2, 0.25) is 0 Å². The molecule has 2 heteroatoms. The van der Waals surface area contributed by atoms with E-state index in [1.54, 1.807) is 0 Å². The first-order valence-electron chi connectivity index (χ1n) is 3.86. The van der Waals surface area contributed by atoms with Crippen molar-refractivity contribution in [2.45, 2.75) is 33.1 Å². The fraction of sp³-hybridized carbons (Fsp3) is 0.875. The van der Waals surface area contributed by atoms with Gasteiger partial charge in [0, 0.05) is 0 Å². The van der Waals surface area contributed by atoms with Crippen molar-refractivity contribution >= 4 is 6.47 Å². The van der Waals surface area contributed by atoms with E-state index < -0.39 is 0 Å². The molecule has 0 amide bonds. The highest BCUT2D eigenvalue weighted by molar-refractivity contribution is 5.36. The molecule has 0 aliphatic carbocycles. The Balaban J connectivity index is 3.04. The Kier molecular flexibility index (Phi) is 6.24. The fourth-order valence-electron chi connectivity index (χ4n) is 0.954. The van der Waals surface area contributed by atoms with E-state index >= 15 is 0 Å². The molecule has 0 N–H and O–H groups in total. The van der Waals surface area contributed by atoms with Crippen LogP contribution in [0, 0.1) is 5.92 Å². The molecule has 0 aromatic rings. The van der Waals surface area contributed by atoms with Gasteiger partial charge in [-0.25, -0.2) is 0 Å². The first kappa shape index (κ1) is 9.47. The third-order valence-electron chi connectivity index (χ3n) is 1.58. The van der Waals surface area contributed by atoms with Gasteiger partial charge in [0.25, 0.3) is 6.47 Å². The molecule has 60 valence electrons. The number of hydrogen-bond acceptors (Lipinski definition) is 2. The molecule has 0 heterocycles. The minimum Gasteiger partial charge on any atom is -0.468 e. The molecule has 0 saturated heterocycles. The molecule has 10 heavy (non-hydrogen) atoms. The first-order chi connectivity index (χ1) is 4.81. The lowest BCUT2D eigenvalue weighted by molar-refractivity contribution is -0.129. The van der Waals surface area contributed by atoms with Gasteiger partial charge in [-0.2, -0.15) is 0 Å². The normalized spacial score (nSPS) is 12.6. The summed E-state index contributed by atoms with van der Waals surface area (Å²) in [5.41, 5.74) is 0. The van der Waals surface area contributed by atoms with Crippen molar-refractivity contribution in [3.8, 4) is 0 Å². The maximum Gasteiger partial charge on any atom is 0.293 e. The quantitative estimate of drug-likeness (QED) is 0.421. The van der Waals surface area contributed by atoms with Gasteiger partial charge >= 0.3 is 0 Å². The average Bonchev–Trinajstić information content (AvgIpc) is 1.89. The van der Waals surface area contributed by atoms with E-state index in [0.29, 0.717) is 19.0 Å². The summed E-state index contributed by atoms with van der Waals surface area (Å²) in [6, 6.07) is 0. The Morgan fingerprint density at radius 2 is 2.20 bits per heavy atom. The number of carbonyl (C=O) groups is 1. The van der Waals surface area contributed by atoms with E-state index in [-0.39, 0.29) is 0 Å². The Labute approximate surface area is 62.6 Å². The summed E-state index contributed by atoms with van der Waals surface area (Å²) in [4.78, 5) is 9.72. The van der Waals surface area contributed by atoms with Crippen molar-refractivity contribution in [2.24, 2.45) is 5.92 Å². The Hall–Kier alpha value is -0.530. The highest BCUT2D eigenvalue weighted by Gasteiger charge is 1.98. The molecule has 2 nitrogen and oxygen atoms in total. The lowest BCUT2D eigenvalue weighted by Gasteiger charge is -2.07. The largest absolute Gasteiger partial charge is 0.468 e. The molecule has 1 unspecified atom stereocenters. The first-order valence-corrected chi connectivity index (χ1v) is 3.86. The van der Waals surface area contributed by atoms with E-state index in [1.165, 1.54) is 12.8 Å². The van der Waals surface area contributed by atoms with Crippen LogP contribution in [-0.2, 0) is 9.53 Å². The second kappa shape index (κ2) is 6.59. The van der Waals surface area contributed by atoms with E-state index in [4.69, 9.17) is 0 Å². The van der Waals surface area contributed by atoms with Gasteiger partial charge in [-0.3, -0.25) is 4.79 Å². The van der Waals surface area contributed by atoms with Crippen LogP contribution in [0.25, 0.3) is 0 Å². The molecule has 0 radical (unpaired) electrons. The van der Waals surface area contributed by atoms with Crippen LogP contribution < -0.4 is 0 Å². The standard InChI is InChI=1S/C8H16O2/c1-3-4-8(2)5-6-10-7-9/h7-8H,3-6H2,1-2H3. The van der Waals surface area contributed by atoms with Gasteiger partial charge < -0.3 is 4.74 Å². The van der Waals surface area contributed by atoms with Crippen molar-refractivity contribution in [3.63, 3.8) is 0 Å². The summed E-state index contributed by atoms with van der Waals surface area (Å²) >= 11 is 0. The molecule has 0 aliphatic heterocycles. The van der Waals surface area contributed by atoms with E-state index in [2.05, 4.69) is 18.6 Å². The number of hydrogen-bond donors (Lipinski definition) is 0. The van der Waals surface area contributed by atoms with Gasteiger partial charge in [0.15, 0.2) is 0 Å². The Morgan fingerprint density at radius 1 is 1.50 bits per heavy atom. The van der Waals surface area contributed by atoms with Crippen LogP contribution in [-0.4, -0.2) is 13.1 Å². The lowest BCUT2D eigenvalue weighted by atomic mass is 10.0. The molecule has 0 rings (SSSR count). The molecular formula is C8H16O2. The lowest BCUT2D eigenvalue weighted by Crippen LogP contribution is -2.00. The van der Waals surface area contributed by atoms with Crippen molar-refractivity contribution in [1.82, 2.24) is 0 Å². The number of rotatable bonds is 6. The minimum atomic E-state index is 0.513. The summed E-state index contributed by atoms with van der Waals surface area (Å²) in [6.45, 7) is 5.43. The highest BCUT2D eigenvalue weighted by Crippen LogP contribution is 2.08. The van der Waals surface area contributed by atoms with E-state index in [1.807, 2.05) is 0 Å². The zero-order valence-electron chi connectivity index (χ0n) is 6.80. The molecule has 0 aromatic heterocycles. The van der Waals surface area contributed by atoms with Crippen LogP contribution in [0.4, 0.5) is 0 Å². The Bertz CT molecular complexity index is 81.3. The van der Waals surface area contributed by atoms with Crippen LogP contribution in [0.5, 0.6) is 0 Å². The average molecular weight is 144 g/mol. The van der Waals surface area contributed by atoms with Crippen LogP contribution in [0.3, 0.4) is 0 Å². The summed E-state index contributed by atoms with van der Waals surface area (Å²) in [7, 11) is 0. The molecule has 0 aromatic carbocycles. The highest BCUT2D eigenvalue weighted by atomic mass is 16.5. The van der Waals surface area contributed by atoms with Gasteiger partial charge in [0.2, 0.25) is 0 Å². The van der Waals surface area contributed by atoms with Gasteiger partial charge in [-0.15, -0.1) is 0 Å². The number of carbonyl (C=O) groups excluding carboxylic acids is 1. The fourth-order valence-corrected chi connectivity index (χ4v) is 0.954. The van der Waals surface area contributed by atoms with Gasteiger partial charge in [-0.05, 0) is 12.3 Å². The van der Waals surface area contributed by atoms with Crippen molar-refractivity contribution in [1.29, 1.82) is 0 Å². The zero-order chi connectivity index (χ0) is 7.82. The summed E-state index contributed by atoms with van der Waals surface area (Å²) < 4.78 is 4.57. The van der Waals surface area contributed by atoms with Crippen molar-refractivity contribution in [3.05, 3.63) is 0 Å². The second-order valence-electron chi connectivity index (χ2n) is 2.65. The van der Waals surface area contributed by atoms with E-state index in [0.717, 1.165) is 6.42 Å². The van der Waals surface area contributed by atoms with Gasteiger partial charge in [-0.1, -0.05) is 26.7 Å². The molecular weight excluding hydrogens is 128 g/mol. The van der Waals surface area contributed by atoms with E-state index in [9.17, 15) is 4.79 Å². The van der Waals surface area contributed by atoms with Crippen molar-refractivity contribution < 1.29 is 9.53 Å². The maximum atomic E-state index is 9.72. The molecule has 0 bridgehead atoms. The topological polar surface area (TPSA) is 26.3 Å². The predicted molar refractivity (Wildman–Crippen MR) is 40.7 cm³/mol. The monoisotopic (exact) mass is 144 g/mol. The summed E-state index contributed by atoms with van der Waals surface area (Å²) in [6.07, 6.45) is 3.43. The Morgan fingerprint density at radius 3 is 2.70 bits per heavy atom. The van der Waals surface area contributed by atoms with Gasteiger partial charge in [0.1, 0.15) is 0 Å². The molecule has 0 spiro atoms. The minimum absolute atomic E-state index is 0.513.